The summed E-state index contributed by atoms with van der Waals surface area (Å²) in [5.41, 5.74) is 5.08. The Labute approximate surface area is 245 Å². The average molecular weight is 563 g/mol. The van der Waals surface area contributed by atoms with Crippen LogP contribution in [0.2, 0.25) is 0 Å². The molecule has 0 radical (unpaired) electrons. The number of aliphatic hydroxyl groups is 1. The number of fused-ring (bicyclic) bond motifs is 1. The fourth-order valence-electron chi connectivity index (χ4n) is 5.73. The molecule has 2 heterocycles. The van der Waals surface area contributed by atoms with Gasteiger partial charge in [0.05, 0.1) is 35.6 Å². The van der Waals surface area contributed by atoms with Gasteiger partial charge in [0.1, 0.15) is 0 Å². The van der Waals surface area contributed by atoms with Crippen molar-refractivity contribution in [3.63, 3.8) is 0 Å². The van der Waals surface area contributed by atoms with Gasteiger partial charge in [-0.05, 0) is 54.9 Å². The minimum Gasteiger partial charge on any atom is -0.392 e. The first-order valence-corrected chi connectivity index (χ1v) is 14.3. The smallest absolute Gasteiger partial charge is 0.266 e. The molecule has 0 saturated carbocycles. The Hall–Kier alpha value is -4.14. The monoisotopic (exact) mass is 562 g/mol. The molecule has 0 bridgehead atoms. The molecule has 4 unspecified atom stereocenters. The quantitative estimate of drug-likeness (QED) is 0.257. The van der Waals surface area contributed by atoms with Gasteiger partial charge in [-0.3, -0.25) is 14.5 Å². The summed E-state index contributed by atoms with van der Waals surface area (Å²) in [5, 5.41) is 9.52. The van der Waals surface area contributed by atoms with Crippen LogP contribution in [0.5, 0.6) is 0 Å². The lowest BCUT2D eigenvalue weighted by Crippen LogP contribution is -2.38. The lowest BCUT2D eigenvalue weighted by molar-refractivity contribution is -0.253. The van der Waals surface area contributed by atoms with E-state index in [1.807, 2.05) is 54.6 Å². The van der Waals surface area contributed by atoms with E-state index in [1.54, 1.807) is 36.4 Å². The highest BCUT2D eigenvalue weighted by Gasteiger charge is 2.38. The molecule has 1 N–H and O–H groups in total. The van der Waals surface area contributed by atoms with Crippen molar-refractivity contribution in [2.45, 2.75) is 44.5 Å². The van der Waals surface area contributed by atoms with Crippen LogP contribution in [0.15, 0.2) is 103 Å². The molecule has 1 saturated heterocycles. The standard InChI is InChI=1S/C35H34N2O5/c1-23(25-9-4-3-5-10-25)36(2)21-29-20-32(26-17-15-24(22-38)16-18-26)42-35(41-29)27-11-8-12-28(19-27)37-33(39)30-13-6-7-14-31(30)34(37)40/h3-19,23,29,32,35,38H,20-22H2,1-2H3. The summed E-state index contributed by atoms with van der Waals surface area (Å²) in [7, 11) is 2.10. The number of imide groups is 1. The zero-order chi connectivity index (χ0) is 29.2. The minimum absolute atomic E-state index is 0.0209. The summed E-state index contributed by atoms with van der Waals surface area (Å²) >= 11 is 0. The number of ether oxygens (including phenoxy) is 2. The molecule has 4 atom stereocenters. The van der Waals surface area contributed by atoms with E-state index in [4.69, 9.17) is 9.47 Å². The van der Waals surface area contributed by atoms with E-state index < -0.39 is 6.29 Å². The molecule has 2 aliphatic heterocycles. The number of benzene rings is 4. The van der Waals surface area contributed by atoms with Crippen LogP contribution in [0, 0.1) is 0 Å². The summed E-state index contributed by atoms with van der Waals surface area (Å²) in [6.07, 6.45) is -0.448. The molecular formula is C35H34N2O5. The second-order valence-electron chi connectivity index (χ2n) is 11.0. The topological polar surface area (TPSA) is 79.3 Å². The molecule has 7 nitrogen and oxygen atoms in total. The van der Waals surface area contributed by atoms with Crippen molar-refractivity contribution in [3.05, 3.63) is 137 Å². The van der Waals surface area contributed by atoms with Crippen molar-refractivity contribution < 1.29 is 24.2 Å². The fraction of sp³-hybridized carbons (Fsp3) is 0.257. The Morgan fingerprint density at radius 2 is 1.50 bits per heavy atom. The highest BCUT2D eigenvalue weighted by Crippen LogP contribution is 2.40. The van der Waals surface area contributed by atoms with E-state index in [1.165, 1.54) is 10.5 Å². The number of carbonyl (C=O) groups excluding carboxylic acids is 2. The predicted octanol–water partition coefficient (Wildman–Crippen LogP) is 6.22. The number of carbonyl (C=O) groups is 2. The van der Waals surface area contributed by atoms with Crippen molar-refractivity contribution in [2.75, 3.05) is 18.5 Å². The van der Waals surface area contributed by atoms with Crippen LogP contribution in [0.4, 0.5) is 5.69 Å². The number of rotatable bonds is 8. The van der Waals surface area contributed by atoms with Gasteiger partial charge in [0.2, 0.25) is 0 Å². The lowest BCUT2D eigenvalue weighted by atomic mass is 9.99. The number of hydrogen-bond acceptors (Lipinski definition) is 6. The van der Waals surface area contributed by atoms with Crippen molar-refractivity contribution >= 4 is 17.5 Å². The third kappa shape index (κ3) is 5.52. The predicted molar refractivity (Wildman–Crippen MR) is 160 cm³/mol. The van der Waals surface area contributed by atoms with Gasteiger partial charge >= 0.3 is 0 Å². The third-order valence-electron chi connectivity index (χ3n) is 8.24. The van der Waals surface area contributed by atoms with Crippen LogP contribution >= 0.6 is 0 Å². The molecule has 0 aliphatic carbocycles. The molecule has 4 aromatic carbocycles. The SMILES string of the molecule is CC(c1ccccc1)N(C)CC1CC(c2ccc(CO)cc2)OC(c2cccc(N3C(=O)c4ccccc4C3=O)c2)O1. The Morgan fingerprint density at radius 1 is 0.833 bits per heavy atom. The fourth-order valence-corrected chi connectivity index (χ4v) is 5.73. The molecule has 7 heteroatoms. The average Bonchev–Trinajstić information content (AvgIpc) is 3.30. The third-order valence-corrected chi connectivity index (χ3v) is 8.24. The van der Waals surface area contributed by atoms with Crippen LogP contribution in [0.3, 0.4) is 0 Å². The van der Waals surface area contributed by atoms with Gasteiger partial charge in [-0.1, -0.05) is 78.9 Å². The van der Waals surface area contributed by atoms with Crippen molar-refractivity contribution in [1.82, 2.24) is 4.90 Å². The van der Waals surface area contributed by atoms with E-state index in [-0.39, 0.29) is 36.7 Å². The second-order valence-corrected chi connectivity index (χ2v) is 11.0. The number of aliphatic hydroxyl groups excluding tert-OH is 1. The van der Waals surface area contributed by atoms with Gasteiger partial charge in [-0.25, -0.2) is 4.90 Å². The van der Waals surface area contributed by atoms with Crippen molar-refractivity contribution in [1.29, 1.82) is 0 Å². The minimum atomic E-state index is -0.707. The first kappa shape index (κ1) is 28.0. The molecule has 1 fully saturated rings. The number of anilines is 1. The highest BCUT2D eigenvalue weighted by molar-refractivity contribution is 6.34. The van der Waals surface area contributed by atoms with Crippen LogP contribution in [0.1, 0.15) is 74.8 Å². The first-order chi connectivity index (χ1) is 20.4. The van der Waals surface area contributed by atoms with Gasteiger partial charge in [0.25, 0.3) is 11.8 Å². The number of hydrogen-bond donors (Lipinski definition) is 1. The van der Waals surface area contributed by atoms with Crippen LogP contribution < -0.4 is 4.90 Å². The largest absolute Gasteiger partial charge is 0.392 e. The maximum absolute atomic E-state index is 13.2. The normalized spacial score (nSPS) is 21.0. The van der Waals surface area contributed by atoms with Gasteiger partial charge in [0.15, 0.2) is 6.29 Å². The maximum Gasteiger partial charge on any atom is 0.266 e. The molecule has 0 aromatic heterocycles. The Balaban J connectivity index is 1.27. The Kier molecular flexibility index (Phi) is 8.00. The summed E-state index contributed by atoms with van der Waals surface area (Å²) < 4.78 is 13.1. The molecule has 42 heavy (non-hydrogen) atoms. The van der Waals surface area contributed by atoms with Crippen LogP contribution in [-0.2, 0) is 16.1 Å². The van der Waals surface area contributed by atoms with Gasteiger partial charge < -0.3 is 14.6 Å². The molecule has 4 aromatic rings. The molecule has 2 amide bonds. The van der Waals surface area contributed by atoms with Crippen LogP contribution in [-0.4, -0.2) is 41.5 Å². The molecular weight excluding hydrogens is 528 g/mol. The summed E-state index contributed by atoms with van der Waals surface area (Å²) in [5.74, 6) is -0.677. The zero-order valence-corrected chi connectivity index (χ0v) is 23.7. The van der Waals surface area contributed by atoms with E-state index in [0.717, 1.165) is 16.7 Å². The van der Waals surface area contributed by atoms with E-state index >= 15 is 0 Å². The zero-order valence-electron chi connectivity index (χ0n) is 23.7. The van der Waals surface area contributed by atoms with E-state index in [0.29, 0.717) is 29.8 Å². The van der Waals surface area contributed by atoms with E-state index in [9.17, 15) is 14.7 Å². The van der Waals surface area contributed by atoms with Crippen molar-refractivity contribution in [3.8, 4) is 0 Å². The number of likely N-dealkylation sites (N-methyl/N-ethyl adjacent to an activating group) is 1. The molecule has 0 spiro atoms. The molecule has 214 valence electrons. The van der Waals surface area contributed by atoms with Crippen molar-refractivity contribution in [2.24, 2.45) is 0 Å². The second kappa shape index (κ2) is 12.0. The Morgan fingerprint density at radius 3 is 2.17 bits per heavy atom. The molecule has 6 rings (SSSR count). The van der Waals surface area contributed by atoms with Gasteiger partial charge in [-0.15, -0.1) is 0 Å². The first-order valence-electron chi connectivity index (χ1n) is 14.3. The van der Waals surface area contributed by atoms with E-state index in [2.05, 4.69) is 31.0 Å². The summed E-state index contributed by atoms with van der Waals surface area (Å²) in [6.45, 7) is 2.84. The summed E-state index contributed by atoms with van der Waals surface area (Å²) in [6, 6.07) is 32.5. The lowest BCUT2D eigenvalue weighted by Gasteiger charge is -2.39. The maximum atomic E-state index is 13.2. The highest BCUT2D eigenvalue weighted by atomic mass is 16.7. The van der Waals surface area contributed by atoms with Crippen LogP contribution in [0.25, 0.3) is 0 Å². The Bertz CT molecular complexity index is 1540. The summed E-state index contributed by atoms with van der Waals surface area (Å²) in [4.78, 5) is 29.8. The number of nitrogens with zero attached hydrogens (tertiary/aromatic N) is 2. The van der Waals surface area contributed by atoms with Gasteiger partial charge in [0, 0.05) is 24.6 Å². The number of amides is 2. The van der Waals surface area contributed by atoms with Gasteiger partial charge in [-0.2, -0.15) is 0 Å². The molecule has 2 aliphatic rings.